The number of thiazole rings is 1. The number of nitrogens with two attached hydrogens (primary N) is 1. The van der Waals surface area contributed by atoms with Gasteiger partial charge in [-0.25, -0.2) is 4.98 Å². The maximum Gasteiger partial charge on any atom is 0.273 e. The van der Waals surface area contributed by atoms with Gasteiger partial charge in [0.25, 0.3) is 5.91 Å². The van der Waals surface area contributed by atoms with Gasteiger partial charge in [0.15, 0.2) is 10.8 Å². The third-order valence-electron chi connectivity index (χ3n) is 4.07. The summed E-state index contributed by atoms with van der Waals surface area (Å²) < 4.78 is 5.35. The van der Waals surface area contributed by atoms with Gasteiger partial charge in [-0.15, -0.1) is 36.2 Å². The molecule has 0 spiro atoms. The van der Waals surface area contributed by atoms with Gasteiger partial charge in [0.05, 0.1) is 6.26 Å². The Kier molecular flexibility index (Phi) is 6.65. The Hall–Kier alpha value is -1.08. The highest BCUT2D eigenvalue weighted by Gasteiger charge is 2.36. The van der Waals surface area contributed by atoms with Crippen molar-refractivity contribution in [3.05, 3.63) is 29.0 Å². The lowest BCUT2D eigenvalue weighted by atomic mass is 9.90. The van der Waals surface area contributed by atoms with Gasteiger partial charge in [0, 0.05) is 18.0 Å². The highest BCUT2D eigenvalue weighted by Crippen LogP contribution is 2.32. The van der Waals surface area contributed by atoms with Crippen molar-refractivity contribution in [3.63, 3.8) is 0 Å². The molecule has 0 bridgehead atoms. The average Bonchev–Trinajstić information content (AvgIpc) is 3.17. The fraction of sp³-hybridized carbons (Fsp3) is 0.467. The van der Waals surface area contributed by atoms with Crippen LogP contribution in [0, 0.1) is 12.3 Å². The second kappa shape index (κ2) is 7.66. The molecule has 1 atom stereocenters. The van der Waals surface area contributed by atoms with Crippen LogP contribution in [0.1, 0.15) is 28.7 Å². The summed E-state index contributed by atoms with van der Waals surface area (Å²) in [7, 11) is 0. The second-order valence-corrected chi connectivity index (χ2v) is 7.10. The fourth-order valence-corrected chi connectivity index (χ4v) is 3.49. The van der Waals surface area contributed by atoms with Crippen molar-refractivity contribution < 1.29 is 9.21 Å². The number of furan rings is 1. The highest BCUT2D eigenvalue weighted by atomic mass is 35.5. The number of hydrogen-bond donors (Lipinski definition) is 1. The van der Waals surface area contributed by atoms with Gasteiger partial charge in [-0.2, -0.15) is 0 Å². The first kappa shape index (κ1) is 20.0. The summed E-state index contributed by atoms with van der Waals surface area (Å²) in [6, 6.07) is 3.68. The standard InChI is InChI=1S/C15H19N3O2S.2ClH/c1-10-12(17-13(21-10)11-4-3-7-20-11)14(19)18-6-5-15(2,8-16)9-18;;/h3-4,7H,5-6,8-9,16H2,1-2H3;2*1H. The first-order valence-electron chi connectivity index (χ1n) is 7.03. The van der Waals surface area contributed by atoms with Crippen LogP contribution in [0.2, 0.25) is 0 Å². The van der Waals surface area contributed by atoms with E-state index in [2.05, 4.69) is 11.9 Å². The molecule has 0 saturated carbocycles. The third-order valence-corrected chi connectivity index (χ3v) is 5.05. The molecule has 128 valence electrons. The van der Waals surface area contributed by atoms with E-state index in [1.807, 2.05) is 24.0 Å². The summed E-state index contributed by atoms with van der Waals surface area (Å²) in [6.45, 7) is 6.11. The lowest BCUT2D eigenvalue weighted by Crippen LogP contribution is -2.34. The van der Waals surface area contributed by atoms with Gasteiger partial charge in [-0.1, -0.05) is 6.92 Å². The van der Waals surface area contributed by atoms with Crippen LogP contribution in [0.5, 0.6) is 0 Å². The molecule has 1 amide bonds. The first-order chi connectivity index (χ1) is 10.0. The third kappa shape index (κ3) is 3.88. The maximum absolute atomic E-state index is 12.7. The molecule has 1 unspecified atom stereocenters. The number of carbonyl (C=O) groups excluding carboxylic acids is 1. The lowest BCUT2D eigenvalue weighted by molar-refractivity contribution is 0.0771. The average molecular weight is 378 g/mol. The minimum atomic E-state index is -0.00117. The minimum absolute atomic E-state index is 0. The number of aromatic nitrogens is 1. The van der Waals surface area contributed by atoms with E-state index in [9.17, 15) is 4.79 Å². The molecule has 5 nitrogen and oxygen atoms in total. The monoisotopic (exact) mass is 377 g/mol. The predicted octanol–water partition coefficient (Wildman–Crippen LogP) is 3.37. The van der Waals surface area contributed by atoms with E-state index >= 15 is 0 Å². The van der Waals surface area contributed by atoms with Gasteiger partial charge in [0.1, 0.15) is 5.69 Å². The molecule has 2 aromatic rings. The van der Waals surface area contributed by atoms with Crippen molar-refractivity contribution in [2.45, 2.75) is 20.3 Å². The summed E-state index contributed by atoms with van der Waals surface area (Å²) in [4.78, 5) is 19.9. The Bertz CT molecular complexity index is 660. The van der Waals surface area contributed by atoms with Crippen LogP contribution in [0.25, 0.3) is 10.8 Å². The summed E-state index contributed by atoms with van der Waals surface area (Å²) in [5, 5.41) is 0.752. The molecule has 0 aromatic carbocycles. The summed E-state index contributed by atoms with van der Waals surface area (Å²) in [5.74, 6) is 0.703. The molecule has 0 radical (unpaired) electrons. The molecular weight excluding hydrogens is 357 g/mol. The molecule has 1 saturated heterocycles. The number of amides is 1. The lowest BCUT2D eigenvalue weighted by Gasteiger charge is -2.22. The topological polar surface area (TPSA) is 72.4 Å². The van der Waals surface area contributed by atoms with Crippen molar-refractivity contribution in [1.29, 1.82) is 0 Å². The number of likely N-dealkylation sites (tertiary alicyclic amines) is 1. The van der Waals surface area contributed by atoms with Crippen LogP contribution in [0.15, 0.2) is 22.8 Å². The Morgan fingerprint density at radius 1 is 1.52 bits per heavy atom. The molecule has 1 aliphatic rings. The molecule has 1 aliphatic heterocycles. The quantitative estimate of drug-likeness (QED) is 0.889. The number of halogens is 2. The van der Waals surface area contributed by atoms with E-state index in [1.54, 1.807) is 6.26 Å². The second-order valence-electron chi connectivity index (χ2n) is 5.89. The molecule has 1 fully saturated rings. The van der Waals surface area contributed by atoms with Gasteiger partial charge >= 0.3 is 0 Å². The van der Waals surface area contributed by atoms with Crippen molar-refractivity contribution in [1.82, 2.24) is 9.88 Å². The van der Waals surface area contributed by atoms with Crippen molar-refractivity contribution in [2.75, 3.05) is 19.6 Å². The van der Waals surface area contributed by atoms with Crippen LogP contribution >= 0.6 is 36.2 Å². The van der Waals surface area contributed by atoms with E-state index in [0.29, 0.717) is 24.5 Å². The molecule has 3 rings (SSSR count). The van der Waals surface area contributed by atoms with Crippen LogP contribution in [0.3, 0.4) is 0 Å². The van der Waals surface area contributed by atoms with E-state index in [0.717, 1.165) is 22.9 Å². The minimum Gasteiger partial charge on any atom is -0.462 e. The zero-order valence-electron chi connectivity index (χ0n) is 13.1. The fourth-order valence-electron chi connectivity index (χ4n) is 2.61. The number of hydrogen-bond acceptors (Lipinski definition) is 5. The van der Waals surface area contributed by atoms with Gasteiger partial charge in [-0.3, -0.25) is 4.79 Å². The predicted molar refractivity (Wildman–Crippen MR) is 96.7 cm³/mol. The smallest absolute Gasteiger partial charge is 0.273 e. The maximum atomic E-state index is 12.7. The van der Waals surface area contributed by atoms with E-state index in [-0.39, 0.29) is 36.1 Å². The summed E-state index contributed by atoms with van der Waals surface area (Å²) >= 11 is 1.49. The Morgan fingerprint density at radius 3 is 2.83 bits per heavy atom. The zero-order valence-corrected chi connectivity index (χ0v) is 15.5. The highest BCUT2D eigenvalue weighted by molar-refractivity contribution is 7.15. The van der Waals surface area contributed by atoms with Crippen molar-refractivity contribution in [2.24, 2.45) is 11.1 Å². The summed E-state index contributed by atoms with van der Waals surface area (Å²) in [5.41, 5.74) is 6.37. The molecule has 23 heavy (non-hydrogen) atoms. The van der Waals surface area contributed by atoms with Crippen LogP contribution in [-0.2, 0) is 0 Å². The van der Waals surface area contributed by atoms with Gasteiger partial charge in [-0.05, 0) is 37.4 Å². The number of rotatable bonds is 3. The Morgan fingerprint density at radius 2 is 2.26 bits per heavy atom. The van der Waals surface area contributed by atoms with Crippen LogP contribution < -0.4 is 5.73 Å². The van der Waals surface area contributed by atoms with Crippen molar-refractivity contribution in [3.8, 4) is 10.8 Å². The molecule has 2 N–H and O–H groups in total. The summed E-state index contributed by atoms with van der Waals surface area (Å²) in [6.07, 6.45) is 2.56. The zero-order chi connectivity index (χ0) is 15.0. The van der Waals surface area contributed by atoms with Crippen LogP contribution in [-0.4, -0.2) is 35.4 Å². The molecular formula is C15H21Cl2N3O2S. The van der Waals surface area contributed by atoms with E-state index < -0.39 is 0 Å². The SMILES string of the molecule is Cc1sc(-c2ccco2)nc1C(=O)N1CCC(C)(CN)C1.Cl.Cl. The Balaban J connectivity index is 0.00000132. The molecule has 2 aromatic heterocycles. The first-order valence-corrected chi connectivity index (χ1v) is 7.85. The van der Waals surface area contributed by atoms with Gasteiger partial charge in [0.2, 0.25) is 0 Å². The number of aryl methyl sites for hydroxylation is 1. The van der Waals surface area contributed by atoms with Crippen molar-refractivity contribution >= 4 is 42.1 Å². The normalized spacial score (nSPS) is 20.0. The van der Waals surface area contributed by atoms with Crippen LogP contribution in [0.4, 0.5) is 0 Å². The number of carbonyl (C=O) groups is 1. The largest absolute Gasteiger partial charge is 0.462 e. The molecule has 3 heterocycles. The molecule has 8 heteroatoms. The molecule has 0 aliphatic carbocycles. The Labute approximate surface area is 152 Å². The number of nitrogens with zero attached hydrogens (tertiary/aromatic N) is 2. The van der Waals surface area contributed by atoms with E-state index in [4.69, 9.17) is 10.2 Å². The van der Waals surface area contributed by atoms with Gasteiger partial charge < -0.3 is 15.1 Å². The van der Waals surface area contributed by atoms with E-state index in [1.165, 1.54) is 11.3 Å².